The highest BCUT2D eigenvalue weighted by Crippen LogP contribution is 2.27. The van der Waals surface area contributed by atoms with Crippen molar-refractivity contribution in [1.82, 2.24) is 5.32 Å². The average molecular weight is 430 g/mol. The van der Waals surface area contributed by atoms with E-state index < -0.39 is 5.97 Å². The van der Waals surface area contributed by atoms with Gasteiger partial charge in [-0.25, -0.2) is 4.79 Å². The maximum Gasteiger partial charge on any atom is 0.344 e. The molecule has 2 aromatic carbocycles. The van der Waals surface area contributed by atoms with E-state index in [4.69, 9.17) is 26.4 Å². The first kappa shape index (κ1) is 20.9. The topological polar surface area (TPSA) is 73.9 Å². The second kappa shape index (κ2) is 10.1. The van der Waals surface area contributed by atoms with Crippen LogP contribution in [0.25, 0.3) is 6.08 Å². The van der Waals surface area contributed by atoms with Gasteiger partial charge in [-0.2, -0.15) is 0 Å². The molecule has 1 heterocycles. The second-order valence-electron chi connectivity index (χ2n) is 5.95. The Hall–Kier alpha value is -2.84. The molecule has 0 spiro atoms. The number of hydrogen-bond acceptors (Lipinski definition) is 7. The Kier molecular flexibility index (Phi) is 7.26. The van der Waals surface area contributed by atoms with Crippen LogP contribution < -0.4 is 14.8 Å². The van der Waals surface area contributed by atoms with Gasteiger partial charge in [0.05, 0.1) is 11.5 Å². The van der Waals surface area contributed by atoms with Crippen LogP contribution in [0.15, 0.2) is 53.4 Å². The molecule has 29 heavy (non-hydrogen) atoms. The number of carbonyl (C=O) groups excluding carboxylic acids is 2. The van der Waals surface area contributed by atoms with Gasteiger partial charge >= 0.3 is 5.97 Å². The fraction of sp³-hybridized carbons (Fsp3) is 0.190. The number of thioether (sulfide) groups is 1. The lowest BCUT2D eigenvalue weighted by molar-refractivity contribution is -0.145. The molecule has 1 aliphatic heterocycles. The minimum absolute atomic E-state index is 0.118. The first-order valence-electron chi connectivity index (χ1n) is 8.88. The molecule has 0 bridgehead atoms. The fourth-order valence-electron chi connectivity index (χ4n) is 2.46. The lowest BCUT2D eigenvalue weighted by atomic mass is 10.2. The molecule has 1 saturated heterocycles. The number of carbonyl (C=O) groups is 2. The van der Waals surface area contributed by atoms with Gasteiger partial charge in [0.25, 0.3) is 5.91 Å². The number of hydrogen-bond donors (Lipinski definition) is 1. The van der Waals surface area contributed by atoms with E-state index >= 15 is 0 Å². The molecule has 6 nitrogen and oxygen atoms in total. The van der Waals surface area contributed by atoms with E-state index in [1.165, 1.54) is 11.8 Å². The highest BCUT2D eigenvalue weighted by molar-refractivity contribution is 8.26. The van der Waals surface area contributed by atoms with Crippen LogP contribution in [0.1, 0.15) is 18.1 Å². The minimum Gasteiger partial charge on any atom is -0.489 e. The Balaban J connectivity index is 1.55. The fourth-order valence-corrected chi connectivity index (χ4v) is 3.50. The van der Waals surface area contributed by atoms with Gasteiger partial charge in [-0.15, -0.1) is 0 Å². The van der Waals surface area contributed by atoms with Crippen molar-refractivity contribution in [3.8, 4) is 11.5 Å². The largest absolute Gasteiger partial charge is 0.489 e. The summed E-state index contributed by atoms with van der Waals surface area (Å²) in [4.78, 5) is 23.6. The van der Waals surface area contributed by atoms with Crippen molar-refractivity contribution in [2.24, 2.45) is 0 Å². The summed E-state index contributed by atoms with van der Waals surface area (Å²) in [5, 5.41) is 2.59. The maximum atomic E-state index is 11.8. The molecule has 150 valence electrons. The third-order valence-electron chi connectivity index (χ3n) is 3.79. The summed E-state index contributed by atoms with van der Waals surface area (Å²) in [5.41, 5.74) is 1.81. The van der Waals surface area contributed by atoms with E-state index in [-0.39, 0.29) is 12.5 Å². The van der Waals surface area contributed by atoms with Gasteiger partial charge in [0.1, 0.15) is 22.4 Å². The number of esters is 1. The summed E-state index contributed by atoms with van der Waals surface area (Å²) in [7, 11) is 0. The SMILES string of the molecule is CCOC(=O)COc1ccc(COc2cccc(C=C3SC(=S)NC3=O)c2)cc1. The summed E-state index contributed by atoms with van der Waals surface area (Å²) >= 11 is 6.24. The molecule has 2 aromatic rings. The van der Waals surface area contributed by atoms with Crippen LogP contribution in [0.4, 0.5) is 0 Å². The Bertz CT molecular complexity index is 940. The quantitative estimate of drug-likeness (QED) is 0.390. The summed E-state index contributed by atoms with van der Waals surface area (Å²) in [6.07, 6.45) is 1.78. The van der Waals surface area contributed by atoms with Crippen molar-refractivity contribution in [1.29, 1.82) is 0 Å². The molecule has 0 aromatic heterocycles. The minimum atomic E-state index is -0.398. The molecule has 0 saturated carbocycles. The summed E-state index contributed by atoms with van der Waals surface area (Å²) in [6.45, 7) is 2.33. The highest BCUT2D eigenvalue weighted by Gasteiger charge is 2.21. The molecule has 0 atom stereocenters. The van der Waals surface area contributed by atoms with Crippen LogP contribution in [0, 0.1) is 0 Å². The van der Waals surface area contributed by atoms with Gasteiger partial charge in [-0.3, -0.25) is 4.79 Å². The number of benzene rings is 2. The molecule has 1 fully saturated rings. The normalized spacial score (nSPS) is 14.6. The Morgan fingerprint density at radius 3 is 2.62 bits per heavy atom. The third kappa shape index (κ3) is 6.33. The number of rotatable bonds is 8. The number of amides is 1. The van der Waals surface area contributed by atoms with Gasteiger partial charge in [-0.1, -0.05) is 48.2 Å². The average Bonchev–Trinajstić information content (AvgIpc) is 3.03. The van der Waals surface area contributed by atoms with Crippen LogP contribution in [-0.2, 0) is 20.9 Å². The number of nitrogens with one attached hydrogen (secondary N) is 1. The van der Waals surface area contributed by atoms with Crippen LogP contribution in [0.5, 0.6) is 11.5 Å². The van der Waals surface area contributed by atoms with Crippen molar-refractivity contribution in [3.63, 3.8) is 0 Å². The van der Waals surface area contributed by atoms with Crippen LogP contribution in [-0.4, -0.2) is 29.4 Å². The van der Waals surface area contributed by atoms with E-state index in [1.54, 1.807) is 25.1 Å². The molecule has 8 heteroatoms. The zero-order chi connectivity index (χ0) is 20.6. The van der Waals surface area contributed by atoms with Gasteiger partial charge in [0.15, 0.2) is 6.61 Å². The van der Waals surface area contributed by atoms with Gasteiger partial charge in [0, 0.05) is 0 Å². The van der Waals surface area contributed by atoms with E-state index in [1.807, 2.05) is 36.4 Å². The van der Waals surface area contributed by atoms with Crippen molar-refractivity contribution in [2.75, 3.05) is 13.2 Å². The predicted octanol–water partition coefficient (Wildman–Crippen LogP) is 3.70. The first-order chi connectivity index (χ1) is 14.0. The molecule has 0 unspecified atom stereocenters. The van der Waals surface area contributed by atoms with Crippen molar-refractivity contribution in [2.45, 2.75) is 13.5 Å². The summed E-state index contributed by atoms with van der Waals surface area (Å²) in [6, 6.07) is 14.8. The van der Waals surface area contributed by atoms with Gasteiger partial charge < -0.3 is 19.5 Å². The second-order valence-corrected chi connectivity index (χ2v) is 7.67. The first-order valence-corrected chi connectivity index (χ1v) is 10.1. The molecule has 1 N–H and O–H groups in total. The zero-order valence-electron chi connectivity index (χ0n) is 15.7. The molecule has 1 aliphatic rings. The van der Waals surface area contributed by atoms with Gasteiger partial charge in [0.2, 0.25) is 0 Å². The zero-order valence-corrected chi connectivity index (χ0v) is 17.3. The maximum absolute atomic E-state index is 11.8. The number of thiocarbonyl (C=S) groups is 1. The lowest BCUT2D eigenvalue weighted by Gasteiger charge is -2.09. The van der Waals surface area contributed by atoms with E-state index in [9.17, 15) is 9.59 Å². The molecule has 3 rings (SSSR count). The van der Waals surface area contributed by atoms with Crippen molar-refractivity contribution in [3.05, 3.63) is 64.6 Å². The third-order valence-corrected chi connectivity index (χ3v) is 4.95. The summed E-state index contributed by atoms with van der Waals surface area (Å²) < 4.78 is 16.5. The van der Waals surface area contributed by atoms with E-state index in [0.717, 1.165) is 11.1 Å². The number of ether oxygens (including phenoxy) is 3. The van der Waals surface area contributed by atoms with Crippen molar-refractivity contribution < 1.29 is 23.8 Å². The lowest BCUT2D eigenvalue weighted by Crippen LogP contribution is -2.17. The Morgan fingerprint density at radius 1 is 1.14 bits per heavy atom. The monoisotopic (exact) mass is 429 g/mol. The molecular weight excluding hydrogens is 410 g/mol. The highest BCUT2D eigenvalue weighted by atomic mass is 32.2. The van der Waals surface area contributed by atoms with Crippen LogP contribution >= 0.6 is 24.0 Å². The molecule has 0 radical (unpaired) electrons. The van der Waals surface area contributed by atoms with E-state index in [2.05, 4.69) is 5.32 Å². The smallest absolute Gasteiger partial charge is 0.344 e. The summed E-state index contributed by atoms with van der Waals surface area (Å²) in [5.74, 6) is 0.690. The Morgan fingerprint density at radius 2 is 1.93 bits per heavy atom. The standard InChI is InChI=1S/C21H19NO5S2/c1-2-25-19(23)13-27-16-8-6-14(7-9-16)12-26-17-5-3-4-15(10-17)11-18-20(24)22-21(28)29-18/h3-11H,2,12-13H2,1H3,(H,22,24,28). The van der Waals surface area contributed by atoms with Crippen molar-refractivity contribution >= 4 is 46.3 Å². The van der Waals surface area contributed by atoms with Crippen LogP contribution in [0.3, 0.4) is 0 Å². The Labute approximate surface area is 178 Å². The molecule has 0 aliphatic carbocycles. The van der Waals surface area contributed by atoms with E-state index in [0.29, 0.717) is 33.9 Å². The predicted molar refractivity (Wildman–Crippen MR) is 116 cm³/mol. The molecular formula is C21H19NO5S2. The van der Waals surface area contributed by atoms with Gasteiger partial charge in [-0.05, 0) is 48.4 Å². The molecule has 1 amide bonds. The van der Waals surface area contributed by atoms with Crippen LogP contribution in [0.2, 0.25) is 0 Å².